The highest BCUT2D eigenvalue weighted by Crippen LogP contribution is 2.26. The van der Waals surface area contributed by atoms with Crippen LogP contribution in [0.4, 0.5) is 0 Å². The molecular weight excluding hydrogens is 250 g/mol. The summed E-state index contributed by atoms with van der Waals surface area (Å²) in [4.78, 5) is 11.4. The van der Waals surface area contributed by atoms with Crippen molar-refractivity contribution < 1.29 is 9.90 Å². The standard InChI is InChI=1S/C17H15NO2/c1-11-7-8-14(12(2)16(11)17(19)20)18-10-9-13-5-3-4-6-15(13)18/h3-10H,1-2H3,(H,19,20). The lowest BCUT2D eigenvalue weighted by Gasteiger charge is -2.13. The van der Waals surface area contributed by atoms with Gasteiger partial charge in [-0.25, -0.2) is 4.79 Å². The number of carbonyl (C=O) groups is 1. The summed E-state index contributed by atoms with van der Waals surface area (Å²) in [5, 5.41) is 10.5. The maximum absolute atomic E-state index is 11.4. The van der Waals surface area contributed by atoms with Gasteiger partial charge in [-0.3, -0.25) is 0 Å². The second kappa shape index (κ2) is 4.53. The van der Waals surface area contributed by atoms with E-state index in [1.54, 1.807) is 0 Å². The van der Waals surface area contributed by atoms with E-state index in [1.807, 2.05) is 67.1 Å². The van der Waals surface area contributed by atoms with E-state index in [2.05, 4.69) is 0 Å². The molecule has 3 heteroatoms. The molecule has 0 bridgehead atoms. The van der Waals surface area contributed by atoms with Crippen LogP contribution < -0.4 is 0 Å². The van der Waals surface area contributed by atoms with Crippen LogP contribution in [0.1, 0.15) is 21.5 Å². The quantitative estimate of drug-likeness (QED) is 0.762. The first kappa shape index (κ1) is 12.5. The lowest BCUT2D eigenvalue weighted by molar-refractivity contribution is 0.0695. The predicted octanol–water partition coefficient (Wildman–Crippen LogP) is 3.95. The molecule has 0 spiro atoms. The van der Waals surface area contributed by atoms with Crippen molar-refractivity contribution in [2.45, 2.75) is 13.8 Å². The zero-order chi connectivity index (χ0) is 14.3. The Balaban J connectivity index is 2.30. The monoisotopic (exact) mass is 265 g/mol. The van der Waals surface area contributed by atoms with Gasteiger partial charge in [0.25, 0.3) is 0 Å². The normalized spacial score (nSPS) is 10.9. The van der Waals surface area contributed by atoms with Crippen molar-refractivity contribution >= 4 is 16.9 Å². The molecule has 2 aromatic carbocycles. The minimum Gasteiger partial charge on any atom is -0.478 e. The van der Waals surface area contributed by atoms with Crippen molar-refractivity contribution in [2.24, 2.45) is 0 Å². The second-order valence-corrected chi connectivity index (χ2v) is 4.95. The van der Waals surface area contributed by atoms with Gasteiger partial charge >= 0.3 is 5.97 Å². The van der Waals surface area contributed by atoms with Crippen LogP contribution in [0.3, 0.4) is 0 Å². The molecule has 0 saturated carbocycles. The number of aryl methyl sites for hydroxylation is 1. The second-order valence-electron chi connectivity index (χ2n) is 4.95. The zero-order valence-electron chi connectivity index (χ0n) is 11.4. The fourth-order valence-corrected chi connectivity index (χ4v) is 2.72. The molecule has 1 heterocycles. The minimum atomic E-state index is -0.877. The number of carboxylic acid groups (broad SMARTS) is 1. The average molecular weight is 265 g/mol. The average Bonchev–Trinajstić information content (AvgIpc) is 2.82. The van der Waals surface area contributed by atoms with E-state index in [-0.39, 0.29) is 0 Å². The number of aromatic nitrogens is 1. The number of para-hydroxylation sites is 1. The molecule has 3 nitrogen and oxygen atoms in total. The summed E-state index contributed by atoms with van der Waals surface area (Å²) in [6, 6.07) is 13.9. The van der Waals surface area contributed by atoms with Gasteiger partial charge in [0, 0.05) is 11.9 Å². The molecule has 3 aromatic rings. The third-order valence-electron chi connectivity index (χ3n) is 3.72. The lowest BCUT2D eigenvalue weighted by Crippen LogP contribution is -2.07. The van der Waals surface area contributed by atoms with Crippen LogP contribution in [-0.4, -0.2) is 15.6 Å². The first-order valence-electron chi connectivity index (χ1n) is 6.49. The van der Waals surface area contributed by atoms with E-state index in [4.69, 9.17) is 0 Å². The van der Waals surface area contributed by atoms with Crippen molar-refractivity contribution in [3.8, 4) is 5.69 Å². The summed E-state index contributed by atoms with van der Waals surface area (Å²) in [5.41, 5.74) is 3.96. The molecule has 100 valence electrons. The van der Waals surface area contributed by atoms with Gasteiger partial charge in [0.05, 0.1) is 11.1 Å². The highest BCUT2D eigenvalue weighted by atomic mass is 16.4. The third kappa shape index (κ3) is 1.79. The van der Waals surface area contributed by atoms with E-state index >= 15 is 0 Å². The summed E-state index contributed by atoms with van der Waals surface area (Å²) in [6.45, 7) is 3.69. The molecule has 1 N–H and O–H groups in total. The first-order valence-corrected chi connectivity index (χ1v) is 6.49. The topological polar surface area (TPSA) is 42.2 Å². The summed E-state index contributed by atoms with van der Waals surface area (Å²) < 4.78 is 2.04. The number of rotatable bonds is 2. The smallest absolute Gasteiger partial charge is 0.336 e. The molecule has 1 aromatic heterocycles. The number of hydrogen-bond acceptors (Lipinski definition) is 1. The molecule has 0 aliphatic carbocycles. The van der Waals surface area contributed by atoms with Gasteiger partial charge in [-0.05, 0) is 48.6 Å². The Kier molecular flexibility index (Phi) is 2.83. The van der Waals surface area contributed by atoms with Crippen molar-refractivity contribution in [2.75, 3.05) is 0 Å². The summed E-state index contributed by atoms with van der Waals surface area (Å²) in [7, 11) is 0. The van der Waals surface area contributed by atoms with Gasteiger partial charge in [0.1, 0.15) is 0 Å². The molecule has 0 atom stereocenters. The molecule has 20 heavy (non-hydrogen) atoms. The number of fused-ring (bicyclic) bond motifs is 1. The Hall–Kier alpha value is -2.55. The summed E-state index contributed by atoms with van der Waals surface area (Å²) >= 11 is 0. The van der Waals surface area contributed by atoms with Crippen molar-refractivity contribution in [3.63, 3.8) is 0 Å². The molecule has 0 aliphatic rings. The molecule has 0 radical (unpaired) electrons. The van der Waals surface area contributed by atoms with E-state index in [0.717, 1.165) is 27.7 Å². The fraction of sp³-hybridized carbons (Fsp3) is 0.118. The van der Waals surface area contributed by atoms with Crippen LogP contribution in [0.2, 0.25) is 0 Å². The van der Waals surface area contributed by atoms with Crippen LogP contribution in [0.5, 0.6) is 0 Å². The molecular formula is C17H15NO2. The number of nitrogens with zero attached hydrogens (tertiary/aromatic N) is 1. The van der Waals surface area contributed by atoms with Gasteiger partial charge in [0.15, 0.2) is 0 Å². The van der Waals surface area contributed by atoms with E-state index in [0.29, 0.717) is 5.56 Å². The Morgan fingerprint density at radius 3 is 2.55 bits per heavy atom. The SMILES string of the molecule is Cc1ccc(-n2ccc3ccccc32)c(C)c1C(=O)O. The third-order valence-corrected chi connectivity index (χ3v) is 3.72. The van der Waals surface area contributed by atoms with Gasteiger partial charge in [-0.15, -0.1) is 0 Å². The number of carboxylic acids is 1. The van der Waals surface area contributed by atoms with Crippen LogP contribution in [0.15, 0.2) is 48.7 Å². The Bertz CT molecular complexity index is 815. The van der Waals surface area contributed by atoms with E-state index in [1.165, 1.54) is 0 Å². The zero-order valence-corrected chi connectivity index (χ0v) is 11.4. The van der Waals surface area contributed by atoms with Crippen LogP contribution in [0.25, 0.3) is 16.6 Å². The first-order chi connectivity index (χ1) is 9.59. The minimum absolute atomic E-state index is 0.389. The molecule has 0 saturated heterocycles. The Labute approximate surface area is 117 Å². The maximum Gasteiger partial charge on any atom is 0.336 e. The van der Waals surface area contributed by atoms with Crippen molar-refractivity contribution in [3.05, 3.63) is 65.4 Å². The van der Waals surface area contributed by atoms with Gasteiger partial charge in [0.2, 0.25) is 0 Å². The van der Waals surface area contributed by atoms with Crippen molar-refractivity contribution in [1.29, 1.82) is 0 Å². The number of benzene rings is 2. The molecule has 0 fully saturated rings. The molecule has 0 amide bonds. The largest absolute Gasteiger partial charge is 0.478 e. The predicted molar refractivity (Wildman–Crippen MR) is 79.7 cm³/mol. The van der Waals surface area contributed by atoms with Crippen LogP contribution in [-0.2, 0) is 0 Å². The molecule has 0 aliphatic heterocycles. The molecule has 3 rings (SSSR count). The van der Waals surface area contributed by atoms with Gasteiger partial charge in [-0.2, -0.15) is 0 Å². The van der Waals surface area contributed by atoms with Crippen molar-refractivity contribution in [1.82, 2.24) is 4.57 Å². The summed E-state index contributed by atoms with van der Waals surface area (Å²) in [6.07, 6.45) is 1.98. The number of hydrogen-bond donors (Lipinski definition) is 1. The maximum atomic E-state index is 11.4. The fourth-order valence-electron chi connectivity index (χ4n) is 2.72. The van der Waals surface area contributed by atoms with E-state index < -0.39 is 5.97 Å². The van der Waals surface area contributed by atoms with Crippen LogP contribution >= 0.6 is 0 Å². The van der Waals surface area contributed by atoms with Gasteiger partial charge in [-0.1, -0.05) is 24.3 Å². The Morgan fingerprint density at radius 1 is 1.05 bits per heavy atom. The van der Waals surface area contributed by atoms with E-state index in [9.17, 15) is 9.90 Å². The lowest BCUT2D eigenvalue weighted by atomic mass is 10.0. The van der Waals surface area contributed by atoms with Gasteiger partial charge < -0.3 is 9.67 Å². The highest BCUT2D eigenvalue weighted by Gasteiger charge is 2.15. The molecule has 0 unspecified atom stereocenters. The Morgan fingerprint density at radius 2 is 1.80 bits per heavy atom. The highest BCUT2D eigenvalue weighted by molar-refractivity contribution is 5.92. The number of aromatic carboxylic acids is 1. The summed E-state index contributed by atoms with van der Waals surface area (Å²) in [5.74, 6) is -0.877. The van der Waals surface area contributed by atoms with Crippen LogP contribution in [0, 0.1) is 13.8 Å².